The van der Waals surface area contributed by atoms with E-state index in [1.165, 1.54) is 0 Å². The molecule has 0 rings (SSSR count). The molecular weight excluding hydrogens is 152 g/mol. The normalized spacial score (nSPS) is 12.8. The number of aliphatic imine (C=N–C) groups is 1. The molecule has 5 N–H and O–H groups in total. The maximum Gasteiger partial charge on any atom is 0.130 e. The van der Waals surface area contributed by atoms with Gasteiger partial charge in [-0.15, -0.1) is 0 Å². The molecule has 0 aliphatic rings. The minimum atomic E-state index is 0.267. The number of nitrogens with two attached hydrogens (primary N) is 2. The average Bonchev–Trinajstić information content (AvgIpc) is 1.84. The fourth-order valence-corrected chi connectivity index (χ4v) is 0.674. The molecule has 0 fully saturated rings. The fraction of sp³-hybridized carbons (Fsp3) is 0.375. The number of hydrogen-bond acceptors (Lipinski definition) is 3. The van der Waals surface area contributed by atoms with Gasteiger partial charge in [-0.3, -0.25) is 0 Å². The van der Waals surface area contributed by atoms with Crippen LogP contribution in [0.15, 0.2) is 29.2 Å². The molecule has 0 spiro atoms. The third kappa shape index (κ3) is 5.34. The van der Waals surface area contributed by atoms with Crippen LogP contribution in [-0.4, -0.2) is 12.4 Å². The Morgan fingerprint density at radius 2 is 2.17 bits per heavy atom. The van der Waals surface area contributed by atoms with Crippen LogP contribution >= 0.6 is 0 Å². The Bertz CT molecular complexity index is 211. The second-order valence-electron chi connectivity index (χ2n) is 2.41. The summed E-state index contributed by atoms with van der Waals surface area (Å²) in [6.45, 7) is 7.99. The Morgan fingerprint density at radius 1 is 1.58 bits per heavy atom. The number of nitrogens with one attached hydrogen (secondary N) is 1. The van der Waals surface area contributed by atoms with E-state index in [0.29, 0.717) is 11.5 Å². The van der Waals surface area contributed by atoms with E-state index >= 15 is 0 Å². The Morgan fingerprint density at radius 3 is 2.50 bits per heavy atom. The lowest BCUT2D eigenvalue weighted by Gasteiger charge is -2.02. The summed E-state index contributed by atoms with van der Waals surface area (Å²) in [5.41, 5.74) is 11.5. The van der Waals surface area contributed by atoms with Gasteiger partial charge in [0, 0.05) is 12.2 Å². The zero-order chi connectivity index (χ0) is 9.56. The van der Waals surface area contributed by atoms with Gasteiger partial charge in [0.1, 0.15) is 11.7 Å². The maximum atomic E-state index is 5.47. The number of nitrogens with zero attached hydrogens (tertiary/aromatic N) is 1. The molecule has 0 atom stereocenters. The molecule has 0 aliphatic carbocycles. The fourth-order valence-electron chi connectivity index (χ4n) is 0.674. The number of likely N-dealkylation sites (N-methyl/N-ethyl adjacent to an activating group) is 1. The second-order valence-corrected chi connectivity index (χ2v) is 2.41. The molecule has 0 radical (unpaired) electrons. The molecular formula is C8H16N4. The maximum absolute atomic E-state index is 5.47. The molecule has 0 saturated carbocycles. The van der Waals surface area contributed by atoms with E-state index in [2.05, 4.69) is 16.9 Å². The summed E-state index contributed by atoms with van der Waals surface area (Å²) >= 11 is 0. The highest BCUT2D eigenvalue weighted by atomic mass is 15.0. The van der Waals surface area contributed by atoms with Gasteiger partial charge in [0.2, 0.25) is 0 Å². The van der Waals surface area contributed by atoms with Gasteiger partial charge in [-0.1, -0.05) is 6.58 Å². The summed E-state index contributed by atoms with van der Waals surface area (Å²) in [5.74, 6) is 0.911. The lowest BCUT2D eigenvalue weighted by Crippen LogP contribution is -2.22. The van der Waals surface area contributed by atoms with Gasteiger partial charge >= 0.3 is 0 Å². The smallest absolute Gasteiger partial charge is 0.130 e. The molecule has 0 aliphatic heterocycles. The number of allylic oxidation sites excluding steroid dienone is 1. The number of hydrogen-bond donors (Lipinski definition) is 3. The van der Waals surface area contributed by atoms with E-state index in [1.54, 1.807) is 13.0 Å². The van der Waals surface area contributed by atoms with Crippen LogP contribution in [0.1, 0.15) is 13.8 Å². The summed E-state index contributed by atoms with van der Waals surface area (Å²) in [5, 5.41) is 3.00. The predicted molar refractivity (Wildman–Crippen MR) is 52.4 cm³/mol. The van der Waals surface area contributed by atoms with Gasteiger partial charge in [-0.25, -0.2) is 4.99 Å². The molecule has 4 nitrogen and oxygen atoms in total. The van der Waals surface area contributed by atoms with Gasteiger partial charge in [0.25, 0.3) is 0 Å². The summed E-state index contributed by atoms with van der Waals surface area (Å²) in [7, 11) is 0. The van der Waals surface area contributed by atoms with Gasteiger partial charge in [0.05, 0.1) is 0 Å². The zero-order valence-electron chi connectivity index (χ0n) is 7.59. The molecule has 12 heavy (non-hydrogen) atoms. The molecule has 0 aromatic rings. The molecule has 0 bridgehead atoms. The Hall–Kier alpha value is -1.45. The largest absolute Gasteiger partial charge is 0.402 e. The Labute approximate surface area is 73.0 Å². The third-order valence-corrected chi connectivity index (χ3v) is 0.986. The van der Waals surface area contributed by atoms with Crippen molar-refractivity contribution in [1.82, 2.24) is 5.32 Å². The van der Waals surface area contributed by atoms with Crippen molar-refractivity contribution in [3.05, 3.63) is 24.2 Å². The molecule has 0 aromatic heterocycles. The minimum absolute atomic E-state index is 0.267. The summed E-state index contributed by atoms with van der Waals surface area (Å²) < 4.78 is 0. The van der Waals surface area contributed by atoms with Crippen molar-refractivity contribution < 1.29 is 0 Å². The van der Waals surface area contributed by atoms with Crippen LogP contribution < -0.4 is 16.8 Å². The Kier molecular flexibility index (Phi) is 4.60. The van der Waals surface area contributed by atoms with E-state index in [-0.39, 0.29) is 5.82 Å². The first-order chi connectivity index (χ1) is 5.56. The highest BCUT2D eigenvalue weighted by Crippen LogP contribution is 1.87. The van der Waals surface area contributed by atoms with Crippen LogP contribution in [0.3, 0.4) is 0 Å². The standard InChI is InChI=1S/C8H16N4/c1-4-11-8(5-6(2)9)12-7(3)10/h5H,3-4,9-10H2,1-2H3,(H,11,12)/b6-5-. The summed E-state index contributed by atoms with van der Waals surface area (Å²) in [6, 6.07) is 0. The van der Waals surface area contributed by atoms with E-state index in [0.717, 1.165) is 6.54 Å². The molecule has 0 amide bonds. The summed E-state index contributed by atoms with van der Waals surface area (Å²) in [4.78, 5) is 3.94. The van der Waals surface area contributed by atoms with Crippen LogP contribution in [0, 0.1) is 0 Å². The van der Waals surface area contributed by atoms with Crippen LogP contribution in [-0.2, 0) is 0 Å². The second kappa shape index (κ2) is 5.23. The van der Waals surface area contributed by atoms with Crippen molar-refractivity contribution in [2.75, 3.05) is 6.54 Å². The zero-order valence-corrected chi connectivity index (χ0v) is 7.59. The minimum Gasteiger partial charge on any atom is -0.402 e. The van der Waals surface area contributed by atoms with Gasteiger partial charge in [-0.2, -0.15) is 0 Å². The summed E-state index contributed by atoms with van der Waals surface area (Å²) in [6.07, 6.45) is 1.71. The monoisotopic (exact) mass is 168 g/mol. The van der Waals surface area contributed by atoms with Crippen LogP contribution in [0.4, 0.5) is 0 Å². The van der Waals surface area contributed by atoms with Crippen LogP contribution in [0.25, 0.3) is 0 Å². The molecule has 0 heterocycles. The SMILES string of the molecule is C=C(N)/N=C(\C=C(\C)N)NCC. The highest BCUT2D eigenvalue weighted by molar-refractivity contribution is 5.93. The van der Waals surface area contributed by atoms with Crippen molar-refractivity contribution in [2.24, 2.45) is 16.5 Å². The van der Waals surface area contributed by atoms with Crippen molar-refractivity contribution in [1.29, 1.82) is 0 Å². The van der Waals surface area contributed by atoms with E-state index < -0.39 is 0 Å². The van der Waals surface area contributed by atoms with Crippen LogP contribution in [0.5, 0.6) is 0 Å². The van der Waals surface area contributed by atoms with Crippen molar-refractivity contribution in [3.8, 4) is 0 Å². The molecule has 0 aromatic carbocycles. The molecule has 0 saturated heterocycles. The number of amidine groups is 1. The van der Waals surface area contributed by atoms with Gasteiger partial charge in [-0.05, 0) is 19.9 Å². The first-order valence-corrected chi connectivity index (χ1v) is 3.77. The van der Waals surface area contributed by atoms with Gasteiger partial charge in [0.15, 0.2) is 0 Å². The first-order valence-electron chi connectivity index (χ1n) is 3.77. The topological polar surface area (TPSA) is 76.4 Å². The first kappa shape index (κ1) is 10.6. The lowest BCUT2D eigenvalue weighted by molar-refractivity contribution is 0.963. The lowest BCUT2D eigenvalue weighted by atomic mass is 10.4. The van der Waals surface area contributed by atoms with Crippen molar-refractivity contribution >= 4 is 5.84 Å². The van der Waals surface area contributed by atoms with Crippen molar-refractivity contribution in [2.45, 2.75) is 13.8 Å². The molecule has 0 unspecified atom stereocenters. The third-order valence-electron chi connectivity index (χ3n) is 0.986. The predicted octanol–water partition coefficient (Wildman–Crippen LogP) is 0.287. The quantitative estimate of drug-likeness (QED) is 0.418. The highest BCUT2D eigenvalue weighted by Gasteiger charge is 1.91. The Balaban J connectivity index is 4.43. The van der Waals surface area contributed by atoms with E-state index in [9.17, 15) is 0 Å². The van der Waals surface area contributed by atoms with Crippen molar-refractivity contribution in [3.63, 3.8) is 0 Å². The van der Waals surface area contributed by atoms with E-state index in [4.69, 9.17) is 11.5 Å². The molecule has 68 valence electrons. The van der Waals surface area contributed by atoms with Gasteiger partial charge < -0.3 is 16.8 Å². The van der Waals surface area contributed by atoms with Crippen LogP contribution in [0.2, 0.25) is 0 Å². The number of rotatable bonds is 3. The molecule has 4 heteroatoms. The average molecular weight is 168 g/mol. The van der Waals surface area contributed by atoms with E-state index in [1.807, 2.05) is 6.92 Å².